The van der Waals surface area contributed by atoms with Gasteiger partial charge in [0.25, 0.3) is 0 Å². The van der Waals surface area contributed by atoms with Crippen molar-refractivity contribution in [1.82, 2.24) is 0 Å². The van der Waals surface area contributed by atoms with Gasteiger partial charge in [0.2, 0.25) is 0 Å². The fourth-order valence-corrected chi connectivity index (χ4v) is 1.71. The smallest absolute Gasteiger partial charge is 1.00 e. The Labute approximate surface area is 159 Å². The van der Waals surface area contributed by atoms with Crippen LogP contribution in [0, 0.1) is 13.0 Å². The Balaban J connectivity index is -0.000000309. The van der Waals surface area contributed by atoms with Gasteiger partial charge in [-0.15, -0.1) is 6.42 Å². The molecule has 1 aromatic carbocycles. The molecule has 22 heavy (non-hydrogen) atoms. The first-order valence-corrected chi connectivity index (χ1v) is 7.80. The Morgan fingerprint density at radius 1 is 1.09 bits per heavy atom. The van der Waals surface area contributed by atoms with Gasteiger partial charge in [0, 0.05) is 0 Å². The summed E-state index contributed by atoms with van der Waals surface area (Å²) >= 11 is 1.75. The van der Waals surface area contributed by atoms with E-state index in [9.17, 15) is 5.11 Å². The van der Waals surface area contributed by atoms with E-state index in [0.29, 0.717) is 5.75 Å². The van der Waals surface area contributed by atoms with E-state index in [0.717, 1.165) is 12.0 Å². The summed E-state index contributed by atoms with van der Waals surface area (Å²) in [5.41, 5.74) is 3.68. The number of phenolic OH excluding ortho intramolecular Hbond substituents is 1. The fourth-order valence-electron chi connectivity index (χ4n) is 1.71. The summed E-state index contributed by atoms with van der Waals surface area (Å²) in [5, 5.41) is 9.36. The number of hydrogen-bond donors (Lipinski definition) is 1. The summed E-state index contributed by atoms with van der Waals surface area (Å²) in [6.45, 7) is 10.5. The number of benzene rings is 1. The van der Waals surface area contributed by atoms with E-state index in [1.165, 1.54) is 11.1 Å². The molecule has 0 heterocycles. The zero-order chi connectivity index (χ0) is 15.8. The van der Waals surface area contributed by atoms with E-state index in [1.54, 1.807) is 26.0 Å². The summed E-state index contributed by atoms with van der Waals surface area (Å²) in [5.74, 6) is 0.361. The molecule has 2 rings (SSSR count). The van der Waals surface area contributed by atoms with Gasteiger partial charge in [0.15, 0.2) is 0 Å². The van der Waals surface area contributed by atoms with Crippen molar-refractivity contribution in [2.24, 2.45) is 0 Å². The van der Waals surface area contributed by atoms with Crippen LogP contribution in [0.15, 0.2) is 35.9 Å². The molecule has 0 atom stereocenters. The van der Waals surface area contributed by atoms with Crippen LogP contribution in [-0.4, -0.2) is 9.92 Å². The van der Waals surface area contributed by atoms with Gasteiger partial charge < -0.3 is 29.9 Å². The summed E-state index contributed by atoms with van der Waals surface area (Å²) in [6.07, 6.45) is 8.33. The first-order valence-electron chi connectivity index (χ1n) is 6.69. The molecule has 0 bridgehead atoms. The van der Waals surface area contributed by atoms with Crippen LogP contribution >= 0.6 is 0 Å². The molecule has 0 radical (unpaired) electrons. The minimum Gasteiger partial charge on any atom is -1.00 e. The molecule has 0 fully saturated rings. The average molecular weight is 376 g/mol. The molecule has 0 unspecified atom stereocenters. The molecular weight excluding hydrogens is 351 g/mol. The van der Waals surface area contributed by atoms with Crippen molar-refractivity contribution in [3.8, 4) is 5.75 Å². The SMILES string of the molecule is CC1=[C-]CC=C1.Cc1cc(O)cc(C(C)(C)C)c1.[CH2]=[Ti+].[Cl-].[Cl-]. The van der Waals surface area contributed by atoms with Crippen LogP contribution < -0.4 is 24.8 Å². The number of aromatic hydroxyl groups is 1. The van der Waals surface area contributed by atoms with Crippen LogP contribution in [0.3, 0.4) is 0 Å². The molecule has 1 N–H and O–H groups in total. The second-order valence-electron chi connectivity index (χ2n) is 5.77. The molecule has 4 heteroatoms. The molecule has 0 aliphatic heterocycles. The van der Waals surface area contributed by atoms with Gasteiger partial charge in [0.1, 0.15) is 5.75 Å². The van der Waals surface area contributed by atoms with Crippen LogP contribution in [0.25, 0.3) is 0 Å². The van der Waals surface area contributed by atoms with Crippen LogP contribution in [-0.2, 0) is 25.4 Å². The third kappa shape index (κ3) is 11.3. The minimum atomic E-state index is 0. The molecule has 0 saturated carbocycles. The topological polar surface area (TPSA) is 20.2 Å². The van der Waals surface area contributed by atoms with E-state index in [1.807, 2.05) is 13.0 Å². The maximum absolute atomic E-state index is 9.36. The summed E-state index contributed by atoms with van der Waals surface area (Å²) in [7, 11) is 0. The molecule has 0 saturated heterocycles. The number of aryl methyl sites for hydroxylation is 1. The zero-order valence-corrected chi connectivity index (χ0v) is 17.1. The zero-order valence-electron chi connectivity index (χ0n) is 14.0. The Morgan fingerprint density at radius 3 is 1.91 bits per heavy atom. The molecule has 1 aliphatic carbocycles. The second kappa shape index (κ2) is 13.1. The van der Waals surface area contributed by atoms with Crippen LogP contribution in [0.1, 0.15) is 45.2 Å². The monoisotopic (exact) mass is 375 g/mol. The number of hydrogen-bond acceptors (Lipinski definition) is 1. The van der Waals surface area contributed by atoms with E-state index in [2.05, 4.69) is 56.8 Å². The van der Waals surface area contributed by atoms with Crippen molar-refractivity contribution in [1.29, 1.82) is 0 Å². The summed E-state index contributed by atoms with van der Waals surface area (Å²) < 4.78 is 0. The van der Waals surface area contributed by atoms with E-state index in [-0.39, 0.29) is 30.2 Å². The first kappa shape index (κ1) is 26.6. The number of rotatable bonds is 0. The molecule has 0 aromatic heterocycles. The van der Waals surface area contributed by atoms with Crippen molar-refractivity contribution in [2.45, 2.75) is 46.5 Å². The van der Waals surface area contributed by atoms with Crippen molar-refractivity contribution in [2.75, 3.05) is 0 Å². The Morgan fingerprint density at radius 2 is 1.64 bits per heavy atom. The molecule has 0 amide bonds. The maximum atomic E-state index is 9.36. The average Bonchev–Trinajstić information content (AvgIpc) is 2.81. The molecule has 1 nitrogen and oxygen atoms in total. The van der Waals surface area contributed by atoms with Crippen LogP contribution in [0.2, 0.25) is 0 Å². The Bertz CT molecular complexity index is 465. The predicted molar refractivity (Wildman–Crippen MR) is 84.9 cm³/mol. The van der Waals surface area contributed by atoms with Crippen LogP contribution in [0.4, 0.5) is 0 Å². The normalized spacial score (nSPS) is 11.7. The Hall–Kier alpha value is -0.336. The summed E-state index contributed by atoms with van der Waals surface area (Å²) in [4.78, 5) is 3.25. The third-order valence-electron chi connectivity index (χ3n) is 2.79. The van der Waals surface area contributed by atoms with Crippen molar-refractivity contribution >= 4 is 4.82 Å². The van der Waals surface area contributed by atoms with Crippen molar-refractivity contribution in [3.05, 3.63) is 53.1 Å². The second-order valence-corrected chi connectivity index (χ2v) is 5.77. The number of halogens is 2. The molecule has 1 aromatic rings. The van der Waals surface area contributed by atoms with Crippen LogP contribution in [0.5, 0.6) is 5.75 Å². The molecule has 0 spiro atoms. The fraction of sp³-hybridized carbons (Fsp3) is 0.389. The van der Waals surface area contributed by atoms with Crippen molar-refractivity contribution < 1.29 is 49.9 Å². The molecular formula is C18H25Cl2OTi-2. The third-order valence-corrected chi connectivity index (χ3v) is 2.79. The van der Waals surface area contributed by atoms with Gasteiger partial charge in [-0.05, 0) is 35.6 Å². The number of allylic oxidation sites excluding steroid dienone is 4. The van der Waals surface area contributed by atoms with Gasteiger partial charge >= 0.3 is 24.8 Å². The van der Waals surface area contributed by atoms with E-state index < -0.39 is 0 Å². The van der Waals surface area contributed by atoms with Crippen molar-refractivity contribution in [3.63, 3.8) is 0 Å². The van der Waals surface area contributed by atoms with E-state index in [4.69, 9.17) is 0 Å². The number of phenols is 1. The largest absolute Gasteiger partial charge is 1.00 e. The Kier molecular flexibility index (Phi) is 15.9. The summed E-state index contributed by atoms with van der Waals surface area (Å²) in [6, 6.07) is 5.71. The van der Waals surface area contributed by atoms with Gasteiger partial charge in [-0.25, -0.2) is 11.6 Å². The van der Waals surface area contributed by atoms with Gasteiger partial charge in [-0.2, -0.15) is 6.08 Å². The minimum absolute atomic E-state index is 0. The molecule has 1 aliphatic rings. The quantitative estimate of drug-likeness (QED) is 0.440. The first-order chi connectivity index (χ1) is 9.29. The standard InChI is InChI=1S/C11H16O.C6H7.CH2.2ClH.Ti/c1-8-5-9(11(2,3)4)7-10(12)6-8;1-6-4-2-3-5-6;;;;/h5-7,12H,1-4H3;2,4H,3H2,1H3;1H2;2*1H;/q;-1;;;;+1/p-2. The van der Waals surface area contributed by atoms with Gasteiger partial charge in [-0.3, -0.25) is 6.08 Å². The maximum Gasteiger partial charge on any atom is -1.00 e. The molecule has 123 valence electrons. The van der Waals surface area contributed by atoms with E-state index >= 15 is 0 Å². The predicted octanol–water partition coefficient (Wildman–Crippen LogP) is -1.33. The van der Waals surface area contributed by atoms with Gasteiger partial charge in [-0.1, -0.05) is 33.8 Å². The van der Waals surface area contributed by atoms with Gasteiger partial charge in [0.05, 0.1) is 0 Å².